The number of hydrogen-bond acceptors (Lipinski definition) is 4. The Hall–Kier alpha value is -2.12. The molecule has 1 aliphatic heterocycles. The minimum Gasteiger partial charge on any atom is -0.457 e. The van der Waals surface area contributed by atoms with Gasteiger partial charge in [0.05, 0.1) is 10.9 Å². The lowest BCUT2D eigenvalue weighted by atomic mass is 9.80. The van der Waals surface area contributed by atoms with E-state index in [0.29, 0.717) is 17.1 Å². The van der Waals surface area contributed by atoms with E-state index in [4.69, 9.17) is 27.9 Å². The van der Waals surface area contributed by atoms with Gasteiger partial charge in [0.2, 0.25) is 5.78 Å². The van der Waals surface area contributed by atoms with Gasteiger partial charge in [0, 0.05) is 46.8 Å². The van der Waals surface area contributed by atoms with Crippen LogP contribution in [0.1, 0.15) is 28.4 Å². The summed E-state index contributed by atoms with van der Waals surface area (Å²) >= 11 is 12.0. The first kappa shape index (κ1) is 25.0. The van der Waals surface area contributed by atoms with E-state index >= 15 is 0 Å². The molecule has 2 aromatic carbocycles. The van der Waals surface area contributed by atoms with Gasteiger partial charge in [0.15, 0.2) is 6.61 Å². The average molecular weight is 564 g/mol. The summed E-state index contributed by atoms with van der Waals surface area (Å²) in [6.45, 7) is 3.26. The minimum absolute atomic E-state index is 0. The second kappa shape index (κ2) is 9.86. The van der Waals surface area contributed by atoms with E-state index in [2.05, 4.69) is 40.8 Å². The molecule has 0 spiro atoms. The van der Waals surface area contributed by atoms with Crippen molar-refractivity contribution < 1.29 is 14.3 Å². The van der Waals surface area contributed by atoms with Gasteiger partial charge in [-0.15, -0.1) is 17.0 Å². The summed E-state index contributed by atoms with van der Waals surface area (Å²) in [7, 11) is 2.04. The van der Waals surface area contributed by atoms with Gasteiger partial charge in [-0.2, -0.15) is 0 Å². The summed E-state index contributed by atoms with van der Waals surface area (Å²) in [4.78, 5) is 27.7. The molecule has 0 saturated carbocycles. The summed E-state index contributed by atoms with van der Waals surface area (Å²) in [5.41, 5.74) is 5.20. The van der Waals surface area contributed by atoms with Crippen molar-refractivity contribution in [1.29, 1.82) is 0 Å². The van der Waals surface area contributed by atoms with E-state index in [1.807, 2.05) is 13.1 Å². The number of ether oxygens (including phenoxy) is 1. The van der Waals surface area contributed by atoms with Crippen LogP contribution in [0.15, 0.2) is 48.7 Å². The van der Waals surface area contributed by atoms with Crippen LogP contribution in [-0.4, -0.2) is 47.5 Å². The van der Waals surface area contributed by atoms with Gasteiger partial charge < -0.3 is 9.30 Å². The van der Waals surface area contributed by atoms with Crippen molar-refractivity contribution in [1.82, 2.24) is 9.47 Å². The lowest BCUT2D eigenvalue weighted by molar-refractivity contribution is -0.146. The lowest BCUT2D eigenvalue weighted by Crippen LogP contribution is -2.44. The largest absolute Gasteiger partial charge is 0.457 e. The highest BCUT2D eigenvalue weighted by atomic mass is 79.9. The molecule has 5 rings (SSSR count). The number of carbonyl (C=O) groups excluding carboxylic acids is 2. The van der Waals surface area contributed by atoms with Gasteiger partial charge in [0.1, 0.15) is 0 Å². The molecule has 0 radical (unpaired) electrons. The Bertz CT molecular complexity index is 1320. The molecule has 5 nitrogen and oxygen atoms in total. The van der Waals surface area contributed by atoms with E-state index in [1.54, 1.807) is 12.1 Å². The third kappa shape index (κ3) is 4.33. The molecule has 1 aromatic heterocycles. The van der Waals surface area contributed by atoms with Crippen LogP contribution in [0.25, 0.3) is 16.5 Å². The number of aromatic nitrogens is 1. The fourth-order valence-corrected chi connectivity index (χ4v) is 5.59. The summed E-state index contributed by atoms with van der Waals surface area (Å²) in [6.07, 6.45) is 5.21. The fourth-order valence-electron chi connectivity index (χ4n) is 5.07. The number of carbonyl (C=O) groups is 2. The molecule has 0 unspecified atom stereocenters. The van der Waals surface area contributed by atoms with Gasteiger partial charge in [0.25, 0.3) is 0 Å². The molecule has 0 bridgehead atoms. The summed E-state index contributed by atoms with van der Waals surface area (Å²) in [5, 5.41) is 1.97. The molecule has 34 heavy (non-hydrogen) atoms. The smallest absolute Gasteiger partial charge is 0.314 e. The molecule has 2 atom stereocenters. The number of nitrogens with zero attached hydrogens (tertiary/aromatic N) is 2. The second-order valence-corrected chi connectivity index (χ2v) is 9.53. The van der Waals surface area contributed by atoms with Gasteiger partial charge in [-0.3, -0.25) is 14.5 Å². The van der Waals surface area contributed by atoms with Crippen LogP contribution in [0.3, 0.4) is 0 Å². The van der Waals surface area contributed by atoms with Crippen LogP contribution >= 0.6 is 40.2 Å². The van der Waals surface area contributed by atoms with Crippen molar-refractivity contribution in [3.05, 3.63) is 75.4 Å². The number of esters is 1. The molecule has 2 heterocycles. The molecule has 8 heteroatoms. The molecule has 1 aliphatic carbocycles. The molecule has 178 valence electrons. The highest BCUT2D eigenvalue weighted by molar-refractivity contribution is 8.93. The third-order valence-corrected chi connectivity index (χ3v) is 7.23. The van der Waals surface area contributed by atoms with Crippen LogP contribution in [0.5, 0.6) is 0 Å². The van der Waals surface area contributed by atoms with Crippen molar-refractivity contribution in [2.24, 2.45) is 5.92 Å². The number of hydrogen-bond donors (Lipinski definition) is 0. The molecular weight excluding hydrogens is 539 g/mol. The van der Waals surface area contributed by atoms with E-state index in [1.165, 1.54) is 28.1 Å². The van der Waals surface area contributed by atoms with Gasteiger partial charge >= 0.3 is 5.97 Å². The standard InChI is InChI=1S/C26H24Cl2N2O3.BrH/c1-3-30-13-15-10-23-20(18-5-4-6-22(30)25(15)18)9-16(12-29(23)2)26(32)33-14-24(31)19-8-7-17(27)11-21(19)28;/h4-9,11,13,16,23H,3,10,12,14H2,1-2H3;1H/t16-,23-;/m1./s1. The zero-order chi connectivity index (χ0) is 23.3. The monoisotopic (exact) mass is 562 g/mol. The molecular formula is C26H25BrCl2N2O3. The zero-order valence-electron chi connectivity index (χ0n) is 18.9. The Morgan fingerprint density at radius 2 is 1.97 bits per heavy atom. The zero-order valence-corrected chi connectivity index (χ0v) is 22.1. The van der Waals surface area contributed by atoms with Gasteiger partial charge in [-0.05, 0) is 61.4 Å². The van der Waals surface area contributed by atoms with E-state index in [0.717, 1.165) is 18.5 Å². The number of aryl methyl sites for hydroxylation is 1. The number of Topliss-reactive ketones (excluding diaryl/α,β-unsaturated/α-hetero) is 1. The quantitative estimate of drug-likeness (QED) is 0.289. The Labute approximate surface area is 219 Å². The number of benzene rings is 2. The van der Waals surface area contributed by atoms with Gasteiger partial charge in [-0.1, -0.05) is 41.4 Å². The number of likely N-dealkylation sites (N-methyl/N-ethyl adjacent to an activating group) is 1. The van der Waals surface area contributed by atoms with Crippen LogP contribution in [-0.2, 0) is 22.5 Å². The number of rotatable bonds is 5. The lowest BCUT2D eigenvalue weighted by Gasteiger charge is -2.39. The predicted octanol–water partition coefficient (Wildman–Crippen LogP) is 5.84. The first-order valence-corrected chi connectivity index (χ1v) is 11.8. The Morgan fingerprint density at radius 1 is 1.18 bits per heavy atom. The maximum Gasteiger partial charge on any atom is 0.314 e. The van der Waals surface area contributed by atoms with Gasteiger partial charge in [-0.25, -0.2) is 0 Å². The normalized spacial score (nSPS) is 19.2. The predicted molar refractivity (Wildman–Crippen MR) is 141 cm³/mol. The minimum atomic E-state index is -0.445. The average Bonchev–Trinajstić information content (AvgIpc) is 3.16. The fraction of sp³-hybridized carbons (Fsp3) is 0.308. The van der Waals surface area contributed by atoms with E-state index in [9.17, 15) is 9.59 Å². The highest BCUT2D eigenvalue weighted by Gasteiger charge is 2.36. The Balaban J connectivity index is 0.00000274. The van der Waals surface area contributed by atoms with Crippen molar-refractivity contribution in [3.63, 3.8) is 0 Å². The maximum atomic E-state index is 12.9. The van der Waals surface area contributed by atoms with Crippen LogP contribution in [0.2, 0.25) is 10.0 Å². The van der Waals surface area contributed by atoms with Crippen molar-refractivity contribution in [3.8, 4) is 0 Å². The van der Waals surface area contributed by atoms with Crippen LogP contribution < -0.4 is 0 Å². The summed E-state index contributed by atoms with van der Waals surface area (Å²) < 4.78 is 7.70. The van der Waals surface area contributed by atoms with Crippen molar-refractivity contribution in [2.75, 3.05) is 20.2 Å². The van der Waals surface area contributed by atoms with Crippen molar-refractivity contribution in [2.45, 2.75) is 25.9 Å². The molecule has 0 fully saturated rings. The Kier molecular flexibility index (Phi) is 7.25. The molecule has 0 amide bonds. The Morgan fingerprint density at radius 3 is 2.71 bits per heavy atom. The van der Waals surface area contributed by atoms with E-state index < -0.39 is 11.9 Å². The molecule has 0 N–H and O–H groups in total. The topological polar surface area (TPSA) is 51.5 Å². The third-order valence-electron chi connectivity index (χ3n) is 6.69. The first-order chi connectivity index (χ1) is 15.9. The first-order valence-electron chi connectivity index (χ1n) is 11.0. The number of fused-ring (bicyclic) bond motifs is 2. The summed E-state index contributed by atoms with van der Waals surface area (Å²) in [5.74, 6) is -1.21. The number of ketones is 1. The SMILES string of the molecule is Br.CCn1cc2c3c(cccc31)C1=C[C@@H](C(=O)OCC(=O)c3ccc(Cl)cc3Cl)CN(C)[C@@H]1C2. The molecule has 0 saturated heterocycles. The maximum absolute atomic E-state index is 12.9. The van der Waals surface area contributed by atoms with Crippen LogP contribution in [0, 0.1) is 5.92 Å². The second-order valence-electron chi connectivity index (χ2n) is 8.68. The highest BCUT2D eigenvalue weighted by Crippen LogP contribution is 2.41. The van der Waals surface area contributed by atoms with Crippen LogP contribution in [0.4, 0.5) is 0 Å². The summed E-state index contributed by atoms with van der Waals surface area (Å²) in [6, 6.07) is 11.2. The molecule has 2 aliphatic rings. The number of halogens is 3. The van der Waals surface area contributed by atoms with E-state index in [-0.39, 0.29) is 40.4 Å². The van der Waals surface area contributed by atoms with Crippen molar-refractivity contribution >= 4 is 68.4 Å². The molecule has 3 aromatic rings.